The third-order valence-corrected chi connectivity index (χ3v) is 3.23. The first-order chi connectivity index (χ1) is 8.68. The largest absolute Gasteiger partial charge is 0.294 e. The van der Waals surface area contributed by atoms with Gasteiger partial charge >= 0.3 is 0 Å². The molecule has 0 aliphatic carbocycles. The number of hydrogen-bond donors (Lipinski definition) is 0. The highest BCUT2D eigenvalue weighted by Gasteiger charge is 2.13. The van der Waals surface area contributed by atoms with Crippen molar-refractivity contribution in [2.24, 2.45) is 0 Å². The van der Waals surface area contributed by atoms with Gasteiger partial charge in [0.2, 0.25) is 0 Å². The second-order valence-electron chi connectivity index (χ2n) is 3.89. The summed E-state index contributed by atoms with van der Waals surface area (Å²) in [5.41, 5.74) is 1.11. The number of halogens is 2. The van der Waals surface area contributed by atoms with Crippen LogP contribution in [0.4, 0.5) is 4.39 Å². The smallest absolute Gasteiger partial charge is 0.166 e. The fourth-order valence-electron chi connectivity index (χ4n) is 1.66. The molecule has 0 atom stereocenters. The van der Waals surface area contributed by atoms with Crippen LogP contribution in [0.15, 0.2) is 47.2 Å². The fourth-order valence-corrected chi connectivity index (χ4v) is 2.02. The van der Waals surface area contributed by atoms with Crippen molar-refractivity contribution in [3.63, 3.8) is 0 Å². The van der Waals surface area contributed by atoms with Crippen LogP contribution in [0.25, 0.3) is 0 Å². The van der Waals surface area contributed by atoms with Crippen molar-refractivity contribution in [1.82, 2.24) is 4.98 Å². The Labute approximate surface area is 113 Å². The molecular formula is C14H11BrFNO. The Balaban J connectivity index is 2.07. The Morgan fingerprint density at radius 2 is 2.11 bits per heavy atom. The first-order valence-electron chi connectivity index (χ1n) is 5.54. The number of carbonyl (C=O) groups is 1. The quantitative estimate of drug-likeness (QED) is 0.804. The molecular weight excluding hydrogens is 297 g/mol. The Morgan fingerprint density at radius 3 is 2.83 bits per heavy atom. The maximum Gasteiger partial charge on any atom is 0.166 e. The molecule has 4 heteroatoms. The second kappa shape index (κ2) is 5.87. The van der Waals surface area contributed by atoms with Crippen LogP contribution in [-0.4, -0.2) is 10.8 Å². The zero-order valence-corrected chi connectivity index (χ0v) is 11.2. The van der Waals surface area contributed by atoms with E-state index in [0.29, 0.717) is 10.9 Å². The van der Waals surface area contributed by atoms with E-state index in [2.05, 4.69) is 20.9 Å². The maximum atomic E-state index is 13.7. The summed E-state index contributed by atoms with van der Waals surface area (Å²) >= 11 is 3.07. The van der Waals surface area contributed by atoms with Gasteiger partial charge in [-0.2, -0.15) is 0 Å². The Morgan fingerprint density at radius 1 is 1.28 bits per heavy atom. The Bertz CT molecular complexity index is 557. The monoisotopic (exact) mass is 307 g/mol. The Kier molecular flexibility index (Phi) is 4.20. The van der Waals surface area contributed by atoms with E-state index in [1.165, 1.54) is 6.07 Å². The first-order valence-corrected chi connectivity index (χ1v) is 6.34. The average molecular weight is 308 g/mol. The number of Topliss-reactive ketones (excluding diaryl/α,β-unsaturated/α-hetero) is 1. The molecule has 0 bridgehead atoms. The van der Waals surface area contributed by atoms with Crippen LogP contribution in [0.1, 0.15) is 22.3 Å². The van der Waals surface area contributed by atoms with Crippen molar-refractivity contribution < 1.29 is 9.18 Å². The summed E-state index contributed by atoms with van der Waals surface area (Å²) in [6.45, 7) is 0. The van der Waals surface area contributed by atoms with E-state index in [9.17, 15) is 9.18 Å². The summed E-state index contributed by atoms with van der Waals surface area (Å²) < 4.78 is 14.0. The molecule has 92 valence electrons. The van der Waals surface area contributed by atoms with E-state index in [0.717, 1.165) is 5.56 Å². The number of carbonyl (C=O) groups excluding carboxylic acids is 1. The van der Waals surface area contributed by atoms with Gasteiger partial charge in [-0.25, -0.2) is 4.39 Å². The van der Waals surface area contributed by atoms with Gasteiger partial charge in [0.05, 0.1) is 10.0 Å². The van der Waals surface area contributed by atoms with Gasteiger partial charge in [0, 0.05) is 18.8 Å². The van der Waals surface area contributed by atoms with Gasteiger partial charge < -0.3 is 0 Å². The number of ketones is 1. The zero-order chi connectivity index (χ0) is 13.0. The van der Waals surface area contributed by atoms with E-state index in [1.54, 1.807) is 24.5 Å². The van der Waals surface area contributed by atoms with Gasteiger partial charge in [-0.1, -0.05) is 12.1 Å². The number of hydrogen-bond acceptors (Lipinski definition) is 2. The molecule has 1 heterocycles. The first kappa shape index (κ1) is 12.9. The number of benzene rings is 1. The Hall–Kier alpha value is -1.55. The molecule has 0 N–H and O–H groups in total. The minimum absolute atomic E-state index is 0.133. The minimum Gasteiger partial charge on any atom is -0.294 e. The van der Waals surface area contributed by atoms with Crippen LogP contribution in [0.3, 0.4) is 0 Å². The van der Waals surface area contributed by atoms with Crippen molar-refractivity contribution >= 4 is 21.7 Å². The van der Waals surface area contributed by atoms with E-state index in [-0.39, 0.29) is 17.8 Å². The number of nitrogens with zero attached hydrogens (tertiary/aromatic N) is 1. The molecule has 0 amide bonds. The number of rotatable bonds is 4. The van der Waals surface area contributed by atoms with Crippen molar-refractivity contribution in [3.05, 3.63) is 64.1 Å². The van der Waals surface area contributed by atoms with Gasteiger partial charge in [0.25, 0.3) is 0 Å². The molecule has 18 heavy (non-hydrogen) atoms. The average Bonchev–Trinajstić information content (AvgIpc) is 2.40. The van der Waals surface area contributed by atoms with E-state index in [4.69, 9.17) is 0 Å². The van der Waals surface area contributed by atoms with Gasteiger partial charge in [-0.3, -0.25) is 9.78 Å². The molecule has 2 aromatic rings. The minimum atomic E-state index is -0.492. The third kappa shape index (κ3) is 3.01. The van der Waals surface area contributed by atoms with Crippen LogP contribution in [0.5, 0.6) is 0 Å². The van der Waals surface area contributed by atoms with Crippen molar-refractivity contribution in [2.45, 2.75) is 12.8 Å². The highest BCUT2D eigenvalue weighted by Crippen LogP contribution is 2.20. The van der Waals surface area contributed by atoms with E-state index >= 15 is 0 Å². The normalized spacial score (nSPS) is 10.3. The van der Waals surface area contributed by atoms with Crippen molar-refractivity contribution in [3.8, 4) is 0 Å². The summed E-state index contributed by atoms with van der Waals surface area (Å²) in [6, 6.07) is 8.46. The van der Waals surface area contributed by atoms with Crippen LogP contribution >= 0.6 is 15.9 Å². The molecule has 0 saturated carbocycles. The topological polar surface area (TPSA) is 30.0 Å². The van der Waals surface area contributed by atoms with Gasteiger partial charge in [-0.15, -0.1) is 0 Å². The molecule has 0 saturated heterocycles. The second-order valence-corrected chi connectivity index (χ2v) is 4.74. The van der Waals surface area contributed by atoms with Crippen molar-refractivity contribution in [1.29, 1.82) is 0 Å². The molecule has 2 nitrogen and oxygen atoms in total. The number of aryl methyl sites for hydroxylation is 1. The molecule has 2 rings (SSSR count). The lowest BCUT2D eigenvalue weighted by atomic mass is 10.0. The predicted octanol–water partition coefficient (Wildman–Crippen LogP) is 3.80. The fraction of sp³-hybridized carbons (Fsp3) is 0.143. The molecule has 1 aromatic carbocycles. The van der Waals surface area contributed by atoms with Crippen LogP contribution < -0.4 is 0 Å². The van der Waals surface area contributed by atoms with Crippen molar-refractivity contribution in [2.75, 3.05) is 0 Å². The van der Waals surface area contributed by atoms with Gasteiger partial charge in [0.1, 0.15) is 5.82 Å². The highest BCUT2D eigenvalue weighted by atomic mass is 79.9. The van der Waals surface area contributed by atoms with Crippen LogP contribution in [0, 0.1) is 5.82 Å². The number of pyridine rings is 1. The lowest BCUT2D eigenvalue weighted by Crippen LogP contribution is -2.04. The highest BCUT2D eigenvalue weighted by molar-refractivity contribution is 9.10. The molecule has 0 aliphatic heterocycles. The molecule has 0 fully saturated rings. The van der Waals surface area contributed by atoms with Gasteiger partial charge in [0.15, 0.2) is 5.78 Å². The third-order valence-electron chi connectivity index (χ3n) is 2.62. The standard InChI is InChI=1S/C14H11BrFNO/c15-12-5-1-4-11(14(12)16)13(18)7-6-10-3-2-8-17-9-10/h1-5,8-9H,6-7H2. The zero-order valence-electron chi connectivity index (χ0n) is 9.57. The van der Waals surface area contributed by atoms with Crippen LogP contribution in [0.2, 0.25) is 0 Å². The summed E-state index contributed by atoms with van der Waals surface area (Å²) in [5.74, 6) is -0.689. The van der Waals surface area contributed by atoms with E-state index in [1.807, 2.05) is 12.1 Å². The summed E-state index contributed by atoms with van der Waals surface area (Å²) in [5, 5.41) is 0. The van der Waals surface area contributed by atoms with Crippen LogP contribution in [-0.2, 0) is 6.42 Å². The summed E-state index contributed by atoms with van der Waals surface area (Å²) in [7, 11) is 0. The maximum absolute atomic E-state index is 13.7. The lowest BCUT2D eigenvalue weighted by Gasteiger charge is -2.04. The molecule has 0 radical (unpaired) electrons. The van der Waals surface area contributed by atoms with E-state index < -0.39 is 5.82 Å². The lowest BCUT2D eigenvalue weighted by molar-refractivity contribution is 0.0979. The SMILES string of the molecule is O=C(CCc1cccnc1)c1cccc(Br)c1F. The molecule has 0 aliphatic rings. The molecule has 1 aromatic heterocycles. The summed E-state index contributed by atoms with van der Waals surface area (Å²) in [6.07, 6.45) is 4.24. The van der Waals surface area contributed by atoms with Gasteiger partial charge in [-0.05, 0) is 46.1 Å². The molecule has 0 spiro atoms. The predicted molar refractivity (Wildman–Crippen MR) is 71.0 cm³/mol. The number of aromatic nitrogens is 1. The molecule has 0 unspecified atom stereocenters. The summed E-state index contributed by atoms with van der Waals surface area (Å²) in [4.78, 5) is 15.9.